The van der Waals surface area contributed by atoms with Gasteiger partial charge in [0.15, 0.2) is 0 Å². The van der Waals surface area contributed by atoms with Crippen molar-refractivity contribution in [1.29, 1.82) is 0 Å². The summed E-state index contributed by atoms with van der Waals surface area (Å²) in [5.41, 5.74) is 6.54. The number of carbonyl (C=O) groups is 1. The van der Waals surface area contributed by atoms with Gasteiger partial charge in [-0.1, -0.05) is 42.5 Å². The maximum absolute atomic E-state index is 14.7. The minimum Gasteiger partial charge on any atom is -0.362 e. The van der Waals surface area contributed by atoms with Crippen molar-refractivity contribution in [3.63, 3.8) is 0 Å². The minimum absolute atomic E-state index is 0.223. The van der Waals surface area contributed by atoms with Gasteiger partial charge in [-0.25, -0.2) is 13.8 Å². The predicted molar refractivity (Wildman–Crippen MR) is 156 cm³/mol. The van der Waals surface area contributed by atoms with Crippen LogP contribution >= 0.6 is 0 Å². The van der Waals surface area contributed by atoms with Gasteiger partial charge in [0, 0.05) is 36.1 Å². The summed E-state index contributed by atoms with van der Waals surface area (Å²) in [6.07, 6.45) is 7.38. The average molecular weight is 549 g/mol. The van der Waals surface area contributed by atoms with E-state index in [9.17, 15) is 13.6 Å². The Morgan fingerprint density at radius 1 is 1.00 bits per heavy atom. The lowest BCUT2D eigenvalue weighted by Crippen LogP contribution is -2.27. The number of imidazole rings is 1. The summed E-state index contributed by atoms with van der Waals surface area (Å²) in [5.74, 6) is -1.61. The smallest absolute Gasteiger partial charge is 0.221 e. The van der Waals surface area contributed by atoms with Gasteiger partial charge >= 0.3 is 0 Å². The third kappa shape index (κ3) is 5.78. The number of allylic oxidation sites excluding steroid dienone is 2. The van der Waals surface area contributed by atoms with E-state index in [2.05, 4.69) is 15.6 Å². The molecule has 1 unspecified atom stereocenters. The number of rotatable bonds is 7. The van der Waals surface area contributed by atoms with E-state index in [1.807, 2.05) is 71.5 Å². The number of nitrogens with one attached hydrogen (secondary N) is 2. The Hall–Kier alpha value is -5.08. The summed E-state index contributed by atoms with van der Waals surface area (Å²) in [4.78, 5) is 16.4. The number of anilines is 1. The second kappa shape index (κ2) is 11.2. The van der Waals surface area contributed by atoms with Crippen LogP contribution in [0.25, 0.3) is 33.4 Å². The van der Waals surface area contributed by atoms with Crippen LogP contribution < -0.4 is 10.6 Å². The van der Waals surface area contributed by atoms with Crippen LogP contribution in [-0.4, -0.2) is 21.7 Å². The van der Waals surface area contributed by atoms with Gasteiger partial charge in [0.25, 0.3) is 0 Å². The summed E-state index contributed by atoms with van der Waals surface area (Å²) < 4.78 is 36.0. The summed E-state index contributed by atoms with van der Waals surface area (Å²) in [7, 11) is 0. The van der Waals surface area contributed by atoms with E-state index in [0.29, 0.717) is 23.5 Å². The first-order valence-corrected chi connectivity index (χ1v) is 13.1. The molecule has 204 valence electrons. The highest BCUT2D eigenvalue weighted by atomic mass is 19.1. The maximum Gasteiger partial charge on any atom is 0.221 e. The van der Waals surface area contributed by atoms with Gasteiger partial charge in [0.1, 0.15) is 24.2 Å². The SMILES string of the molecule is CC(=O)Nc1cc(-c2ccc(F)cc2F)cc(-n2cnc3cc(C4=CNC(OCc5ccccc5)C=C4)ccc32)c1. The Morgan fingerprint density at radius 3 is 2.61 bits per heavy atom. The zero-order valence-corrected chi connectivity index (χ0v) is 22.1. The van der Waals surface area contributed by atoms with Crippen molar-refractivity contribution in [3.8, 4) is 16.8 Å². The first kappa shape index (κ1) is 26.2. The van der Waals surface area contributed by atoms with Crippen molar-refractivity contribution in [2.75, 3.05) is 5.32 Å². The summed E-state index contributed by atoms with van der Waals surface area (Å²) in [6, 6.07) is 24.6. The maximum atomic E-state index is 14.7. The van der Waals surface area contributed by atoms with E-state index in [0.717, 1.165) is 33.8 Å². The number of nitrogens with zero attached hydrogens (tertiary/aromatic N) is 2. The Morgan fingerprint density at radius 2 is 1.85 bits per heavy atom. The molecule has 1 amide bonds. The number of hydrogen-bond donors (Lipinski definition) is 2. The zero-order chi connectivity index (χ0) is 28.3. The molecule has 0 spiro atoms. The van der Waals surface area contributed by atoms with Gasteiger partial charge < -0.3 is 15.4 Å². The molecule has 41 heavy (non-hydrogen) atoms. The van der Waals surface area contributed by atoms with Crippen molar-refractivity contribution >= 4 is 28.2 Å². The van der Waals surface area contributed by atoms with Crippen LogP contribution in [0.1, 0.15) is 18.1 Å². The Labute approximate surface area is 235 Å². The monoisotopic (exact) mass is 548 g/mol. The fourth-order valence-corrected chi connectivity index (χ4v) is 4.81. The molecule has 4 aromatic carbocycles. The fraction of sp³-hybridized carbons (Fsp3) is 0.0909. The molecule has 1 aliphatic rings. The van der Waals surface area contributed by atoms with E-state index in [1.165, 1.54) is 19.1 Å². The van der Waals surface area contributed by atoms with E-state index < -0.39 is 11.6 Å². The summed E-state index contributed by atoms with van der Waals surface area (Å²) in [5, 5.41) is 6.05. The topological polar surface area (TPSA) is 68.2 Å². The van der Waals surface area contributed by atoms with Crippen molar-refractivity contribution in [2.24, 2.45) is 0 Å². The van der Waals surface area contributed by atoms with Crippen molar-refractivity contribution in [3.05, 3.63) is 132 Å². The van der Waals surface area contributed by atoms with E-state index in [1.54, 1.807) is 24.5 Å². The molecule has 6 nitrogen and oxygen atoms in total. The van der Waals surface area contributed by atoms with Crippen LogP contribution in [0.3, 0.4) is 0 Å². The molecule has 1 atom stereocenters. The Balaban J connectivity index is 1.26. The van der Waals surface area contributed by atoms with Gasteiger partial charge in [-0.05, 0) is 70.8 Å². The van der Waals surface area contributed by atoms with Crippen LogP contribution in [-0.2, 0) is 16.1 Å². The van der Waals surface area contributed by atoms with Gasteiger partial charge in [0.2, 0.25) is 5.91 Å². The third-order valence-corrected chi connectivity index (χ3v) is 6.77. The highest BCUT2D eigenvalue weighted by Gasteiger charge is 2.14. The molecule has 0 saturated carbocycles. The Bertz CT molecular complexity index is 1810. The fourth-order valence-electron chi connectivity index (χ4n) is 4.81. The van der Waals surface area contributed by atoms with Crippen molar-refractivity contribution < 1.29 is 18.3 Å². The molecule has 1 aromatic heterocycles. The van der Waals surface area contributed by atoms with Crippen molar-refractivity contribution in [2.45, 2.75) is 19.8 Å². The van der Waals surface area contributed by atoms with Gasteiger partial charge in [-0.15, -0.1) is 0 Å². The largest absolute Gasteiger partial charge is 0.362 e. The summed E-state index contributed by atoms with van der Waals surface area (Å²) in [6.45, 7) is 1.91. The molecule has 0 radical (unpaired) electrons. The lowest BCUT2D eigenvalue weighted by molar-refractivity contribution is -0.114. The third-order valence-electron chi connectivity index (χ3n) is 6.77. The number of benzene rings is 4. The number of hydrogen-bond acceptors (Lipinski definition) is 4. The molecule has 2 N–H and O–H groups in total. The normalized spacial score (nSPS) is 14.5. The number of aromatic nitrogens is 2. The molecule has 8 heteroatoms. The molecule has 2 heterocycles. The van der Waals surface area contributed by atoms with Crippen LogP contribution in [0.5, 0.6) is 0 Å². The molecule has 0 bridgehead atoms. The van der Waals surface area contributed by atoms with Crippen molar-refractivity contribution in [1.82, 2.24) is 14.9 Å². The van der Waals surface area contributed by atoms with Gasteiger partial charge in [-0.2, -0.15) is 0 Å². The molecule has 0 aliphatic carbocycles. The highest BCUT2D eigenvalue weighted by molar-refractivity contribution is 5.91. The minimum atomic E-state index is -0.689. The zero-order valence-electron chi connectivity index (χ0n) is 22.1. The number of amides is 1. The molecule has 0 saturated heterocycles. The van der Waals surface area contributed by atoms with Crippen LogP contribution in [0.4, 0.5) is 14.5 Å². The Kier molecular flexibility index (Phi) is 7.14. The second-order valence-electron chi connectivity index (χ2n) is 9.73. The van der Waals surface area contributed by atoms with E-state index in [-0.39, 0.29) is 17.7 Å². The predicted octanol–water partition coefficient (Wildman–Crippen LogP) is 6.97. The number of carbonyl (C=O) groups excluding carboxylic acids is 1. The van der Waals surface area contributed by atoms with Gasteiger partial charge in [-0.3, -0.25) is 9.36 Å². The molecule has 6 rings (SSSR count). The number of fused-ring (bicyclic) bond motifs is 1. The molecule has 0 fully saturated rings. The molecule has 1 aliphatic heterocycles. The quantitative estimate of drug-likeness (QED) is 0.230. The average Bonchev–Trinajstić information content (AvgIpc) is 3.40. The first-order chi connectivity index (χ1) is 19.9. The van der Waals surface area contributed by atoms with Gasteiger partial charge in [0.05, 0.1) is 17.6 Å². The summed E-state index contributed by atoms with van der Waals surface area (Å²) >= 11 is 0. The second-order valence-corrected chi connectivity index (χ2v) is 9.73. The molecular weight excluding hydrogens is 522 g/mol. The van der Waals surface area contributed by atoms with Crippen LogP contribution in [0, 0.1) is 11.6 Å². The molecular formula is C33H26F2N4O2. The van der Waals surface area contributed by atoms with Crippen LogP contribution in [0.15, 0.2) is 110 Å². The van der Waals surface area contributed by atoms with E-state index in [4.69, 9.17) is 4.74 Å². The first-order valence-electron chi connectivity index (χ1n) is 13.1. The number of halogens is 2. The lowest BCUT2D eigenvalue weighted by atomic mass is 10.0. The number of ether oxygens (including phenoxy) is 1. The van der Waals surface area contributed by atoms with Crippen LogP contribution in [0.2, 0.25) is 0 Å². The highest BCUT2D eigenvalue weighted by Crippen LogP contribution is 2.31. The standard InChI is InChI=1S/C33H26F2N4O2/c1-21(40)38-27-13-25(29-10-9-26(34)16-30(29)35)14-28(17-27)39-20-37-31-15-23(7-11-32(31)39)24-8-12-33(36-18-24)41-19-22-5-3-2-4-6-22/h2-18,20,33,36H,19H2,1H3,(H,38,40). The lowest BCUT2D eigenvalue weighted by Gasteiger charge is -2.19. The van der Waals surface area contributed by atoms with E-state index >= 15 is 0 Å². The number of dihydropyridines is 1. The molecule has 5 aromatic rings.